The van der Waals surface area contributed by atoms with Crippen LogP contribution in [0.4, 0.5) is 5.82 Å². The largest absolute Gasteiger partial charge is 0.490 e. The van der Waals surface area contributed by atoms with Gasteiger partial charge in [-0.25, -0.2) is 9.50 Å². The summed E-state index contributed by atoms with van der Waals surface area (Å²) in [5, 5.41) is 16.8. The van der Waals surface area contributed by atoms with Crippen molar-refractivity contribution in [2.45, 2.75) is 6.92 Å². The fraction of sp³-hybridized carbons (Fsp3) is 0.368. The molecule has 0 radical (unpaired) electrons. The molecule has 4 heterocycles. The Balaban J connectivity index is 1.71. The van der Waals surface area contributed by atoms with Gasteiger partial charge in [-0.2, -0.15) is 5.10 Å². The van der Waals surface area contributed by atoms with E-state index in [4.69, 9.17) is 9.84 Å². The maximum absolute atomic E-state index is 9.02. The lowest BCUT2D eigenvalue weighted by molar-refractivity contribution is 0.201. The summed E-state index contributed by atoms with van der Waals surface area (Å²) < 4.78 is 7.43. The van der Waals surface area contributed by atoms with E-state index in [9.17, 15) is 0 Å². The molecule has 7 nitrogen and oxygen atoms in total. The second-order valence-electron chi connectivity index (χ2n) is 6.42. The van der Waals surface area contributed by atoms with Crippen LogP contribution in [0.3, 0.4) is 0 Å². The summed E-state index contributed by atoms with van der Waals surface area (Å²) in [5.41, 5.74) is 4.18. The van der Waals surface area contributed by atoms with Crippen molar-refractivity contribution in [1.29, 1.82) is 0 Å². The molecule has 0 amide bonds. The normalized spacial score (nSPS) is 14.8. The molecule has 0 atom stereocenters. The van der Waals surface area contributed by atoms with Crippen LogP contribution in [0.1, 0.15) is 5.56 Å². The number of ether oxygens (including phenoxy) is 1. The molecule has 136 valence electrons. The summed E-state index contributed by atoms with van der Waals surface area (Å²) in [6, 6.07) is 6.16. The Bertz CT molecular complexity index is 885. The molecule has 0 bridgehead atoms. The molecule has 4 rings (SSSR count). The van der Waals surface area contributed by atoms with Crippen LogP contribution < -0.4 is 15.0 Å². The molecule has 0 aliphatic carbocycles. The molecule has 3 aromatic rings. The zero-order valence-electron chi connectivity index (χ0n) is 14.9. The molecule has 2 N–H and O–H groups in total. The molecular weight excluding hydrogens is 330 g/mol. The van der Waals surface area contributed by atoms with Gasteiger partial charge < -0.3 is 20.1 Å². The molecular formula is C19H23N5O2. The Morgan fingerprint density at radius 2 is 2.08 bits per heavy atom. The van der Waals surface area contributed by atoms with Crippen LogP contribution in [0.2, 0.25) is 0 Å². The minimum absolute atomic E-state index is 0.0214. The fourth-order valence-corrected chi connectivity index (χ4v) is 3.34. The number of piperazine rings is 1. The number of anilines is 1. The summed E-state index contributed by atoms with van der Waals surface area (Å²) in [6.07, 6.45) is 5.59. The monoisotopic (exact) mass is 353 g/mol. The molecule has 0 saturated carbocycles. The van der Waals surface area contributed by atoms with Gasteiger partial charge in [0, 0.05) is 43.5 Å². The Labute approximate surface area is 152 Å². The predicted octanol–water partition coefficient (Wildman–Crippen LogP) is 1.49. The lowest BCUT2D eigenvalue weighted by Gasteiger charge is -2.28. The van der Waals surface area contributed by atoms with Gasteiger partial charge in [0.25, 0.3) is 0 Å². The van der Waals surface area contributed by atoms with Gasteiger partial charge in [0.2, 0.25) is 0 Å². The number of aromatic nitrogens is 3. The molecule has 0 aromatic carbocycles. The Hall–Kier alpha value is -2.64. The summed E-state index contributed by atoms with van der Waals surface area (Å²) >= 11 is 0. The average molecular weight is 353 g/mol. The van der Waals surface area contributed by atoms with Crippen molar-refractivity contribution >= 4 is 11.3 Å². The van der Waals surface area contributed by atoms with Crippen LogP contribution in [-0.2, 0) is 0 Å². The highest BCUT2D eigenvalue weighted by Gasteiger charge is 2.14. The fourth-order valence-electron chi connectivity index (χ4n) is 3.34. The Kier molecular flexibility index (Phi) is 4.73. The minimum Gasteiger partial charge on any atom is -0.490 e. The van der Waals surface area contributed by atoms with Crippen LogP contribution in [0.25, 0.3) is 16.6 Å². The van der Waals surface area contributed by atoms with Gasteiger partial charge in [-0.05, 0) is 30.7 Å². The van der Waals surface area contributed by atoms with E-state index in [1.165, 1.54) is 0 Å². The number of aryl methyl sites for hydroxylation is 1. The van der Waals surface area contributed by atoms with Crippen molar-refractivity contribution in [3.8, 4) is 16.9 Å². The standard InChI is InChI=1S/C19H23N5O2/c1-14-11-22-24-13-16(26-9-8-25)10-17(19(14)24)15-2-3-18(21-12-15)23-6-4-20-5-7-23/h2-3,10-13,20,25H,4-9H2,1H3. The van der Waals surface area contributed by atoms with Crippen LogP contribution in [-0.4, -0.2) is 59.1 Å². The van der Waals surface area contributed by atoms with Crippen molar-refractivity contribution < 1.29 is 9.84 Å². The number of nitrogens with zero attached hydrogens (tertiary/aromatic N) is 4. The zero-order valence-corrected chi connectivity index (χ0v) is 14.9. The van der Waals surface area contributed by atoms with Crippen molar-refractivity contribution in [3.63, 3.8) is 0 Å². The topological polar surface area (TPSA) is 74.9 Å². The molecule has 26 heavy (non-hydrogen) atoms. The molecule has 0 spiro atoms. The van der Waals surface area contributed by atoms with Gasteiger partial charge in [0.05, 0.1) is 24.5 Å². The van der Waals surface area contributed by atoms with Crippen molar-refractivity contribution in [2.24, 2.45) is 0 Å². The molecule has 1 fully saturated rings. The third-order valence-corrected chi connectivity index (χ3v) is 4.63. The summed E-state index contributed by atoms with van der Waals surface area (Å²) in [5.74, 6) is 1.68. The number of pyridine rings is 2. The SMILES string of the molecule is Cc1cnn2cc(OCCO)cc(-c3ccc(N4CCNCC4)nc3)c12. The molecule has 7 heteroatoms. The summed E-state index contributed by atoms with van der Waals surface area (Å²) in [4.78, 5) is 6.97. The van der Waals surface area contributed by atoms with E-state index >= 15 is 0 Å². The number of aliphatic hydroxyl groups is 1. The second-order valence-corrected chi connectivity index (χ2v) is 6.42. The number of nitrogens with one attached hydrogen (secondary N) is 1. The van der Waals surface area contributed by atoms with Crippen LogP contribution in [0.5, 0.6) is 5.75 Å². The van der Waals surface area contributed by atoms with Crippen LogP contribution >= 0.6 is 0 Å². The lowest BCUT2D eigenvalue weighted by Crippen LogP contribution is -2.43. The van der Waals surface area contributed by atoms with Crippen molar-refractivity contribution in [3.05, 3.63) is 42.4 Å². The molecule has 1 aliphatic rings. The summed E-state index contributed by atoms with van der Waals surface area (Å²) in [6.45, 7) is 6.21. The van der Waals surface area contributed by atoms with E-state index in [2.05, 4.69) is 32.4 Å². The van der Waals surface area contributed by atoms with E-state index in [-0.39, 0.29) is 13.2 Å². The van der Waals surface area contributed by atoms with Crippen LogP contribution in [0.15, 0.2) is 36.8 Å². The van der Waals surface area contributed by atoms with Gasteiger partial charge >= 0.3 is 0 Å². The Morgan fingerprint density at radius 3 is 2.81 bits per heavy atom. The second kappa shape index (κ2) is 7.31. The first kappa shape index (κ1) is 16.8. The third kappa shape index (κ3) is 3.23. The predicted molar refractivity (Wildman–Crippen MR) is 101 cm³/mol. The smallest absolute Gasteiger partial charge is 0.138 e. The molecule has 3 aromatic heterocycles. The van der Waals surface area contributed by atoms with E-state index in [0.717, 1.165) is 54.2 Å². The number of hydrogen-bond acceptors (Lipinski definition) is 6. The molecule has 0 unspecified atom stereocenters. The first-order valence-corrected chi connectivity index (χ1v) is 8.90. The summed E-state index contributed by atoms with van der Waals surface area (Å²) in [7, 11) is 0. The third-order valence-electron chi connectivity index (χ3n) is 4.63. The first-order chi connectivity index (χ1) is 12.8. The number of hydrogen-bond donors (Lipinski definition) is 2. The van der Waals surface area contributed by atoms with Crippen LogP contribution in [0, 0.1) is 6.92 Å². The Morgan fingerprint density at radius 1 is 1.23 bits per heavy atom. The number of rotatable bonds is 5. The highest BCUT2D eigenvalue weighted by molar-refractivity contribution is 5.83. The quantitative estimate of drug-likeness (QED) is 0.724. The average Bonchev–Trinajstić information content (AvgIpc) is 3.07. The van der Waals surface area contributed by atoms with E-state index in [1.807, 2.05) is 36.1 Å². The maximum Gasteiger partial charge on any atom is 0.138 e. The van der Waals surface area contributed by atoms with E-state index in [0.29, 0.717) is 5.75 Å². The zero-order chi connectivity index (χ0) is 17.9. The highest BCUT2D eigenvalue weighted by atomic mass is 16.5. The van der Waals surface area contributed by atoms with E-state index in [1.54, 1.807) is 0 Å². The number of aliphatic hydroxyl groups excluding tert-OH is 1. The molecule has 1 aliphatic heterocycles. The van der Waals surface area contributed by atoms with Crippen molar-refractivity contribution in [1.82, 2.24) is 19.9 Å². The van der Waals surface area contributed by atoms with Gasteiger partial charge in [-0.15, -0.1) is 0 Å². The minimum atomic E-state index is -0.0214. The van der Waals surface area contributed by atoms with Gasteiger partial charge in [-0.1, -0.05) is 0 Å². The van der Waals surface area contributed by atoms with Crippen molar-refractivity contribution in [2.75, 3.05) is 44.3 Å². The first-order valence-electron chi connectivity index (χ1n) is 8.90. The van der Waals surface area contributed by atoms with Gasteiger partial charge in [-0.3, -0.25) is 0 Å². The maximum atomic E-state index is 9.02. The van der Waals surface area contributed by atoms with Gasteiger partial charge in [0.15, 0.2) is 0 Å². The number of fused-ring (bicyclic) bond motifs is 1. The van der Waals surface area contributed by atoms with Gasteiger partial charge in [0.1, 0.15) is 18.2 Å². The highest BCUT2D eigenvalue weighted by Crippen LogP contribution is 2.31. The lowest BCUT2D eigenvalue weighted by atomic mass is 10.1. The molecule has 1 saturated heterocycles. The van der Waals surface area contributed by atoms with E-state index < -0.39 is 0 Å².